The third kappa shape index (κ3) is 4.22. The van der Waals surface area contributed by atoms with Gasteiger partial charge in [0.2, 0.25) is 0 Å². The molecule has 1 aliphatic heterocycles. The van der Waals surface area contributed by atoms with Gasteiger partial charge >= 0.3 is 5.97 Å². The summed E-state index contributed by atoms with van der Waals surface area (Å²) in [6, 6.07) is 2.62. The third-order valence-electron chi connectivity index (χ3n) is 3.28. The molecule has 2 rings (SSSR count). The van der Waals surface area contributed by atoms with Crippen molar-refractivity contribution in [3.63, 3.8) is 0 Å². The van der Waals surface area contributed by atoms with E-state index >= 15 is 0 Å². The Morgan fingerprint density at radius 2 is 1.90 bits per heavy atom. The van der Waals surface area contributed by atoms with Crippen LogP contribution in [0.25, 0.3) is 0 Å². The zero-order valence-electron chi connectivity index (χ0n) is 11.4. The second-order valence-electron chi connectivity index (χ2n) is 4.68. The smallest absolute Gasteiger partial charge is 0.376 e. The van der Waals surface area contributed by atoms with Crippen molar-refractivity contribution < 1.29 is 23.1 Å². The van der Waals surface area contributed by atoms with Gasteiger partial charge in [-0.05, 0) is 37.0 Å². The highest BCUT2D eigenvalue weighted by molar-refractivity contribution is 6.35. The summed E-state index contributed by atoms with van der Waals surface area (Å²) in [5.41, 5.74) is 0.481. The van der Waals surface area contributed by atoms with Gasteiger partial charge < -0.3 is 10.1 Å². The van der Waals surface area contributed by atoms with Crippen molar-refractivity contribution in [2.45, 2.75) is 25.3 Å². The van der Waals surface area contributed by atoms with Gasteiger partial charge in [-0.15, -0.1) is 12.4 Å². The molecule has 0 aliphatic carbocycles. The van der Waals surface area contributed by atoms with Crippen LogP contribution < -0.4 is 5.32 Å². The third-order valence-corrected chi connectivity index (χ3v) is 3.28. The summed E-state index contributed by atoms with van der Waals surface area (Å²) in [6.45, 7) is 2.14. The van der Waals surface area contributed by atoms with Crippen LogP contribution in [-0.4, -0.2) is 30.9 Å². The molecule has 1 aromatic carbocycles. The van der Waals surface area contributed by atoms with Crippen LogP contribution in [0, 0.1) is 11.6 Å². The van der Waals surface area contributed by atoms with Gasteiger partial charge in [0.1, 0.15) is 11.6 Å². The molecule has 0 bridgehead atoms. The second kappa shape index (κ2) is 7.47. The van der Waals surface area contributed by atoms with Crippen LogP contribution in [0.2, 0.25) is 0 Å². The van der Waals surface area contributed by atoms with E-state index in [-0.39, 0.29) is 24.9 Å². The fraction of sp³-hybridized carbons (Fsp3) is 0.429. The van der Waals surface area contributed by atoms with Crippen molar-refractivity contribution in [3.05, 3.63) is 35.4 Å². The highest BCUT2D eigenvalue weighted by Crippen LogP contribution is 2.27. The number of ether oxygens (including phenoxy) is 1. The number of rotatable bonds is 4. The molecule has 1 heterocycles. The molecule has 21 heavy (non-hydrogen) atoms. The lowest BCUT2D eigenvalue weighted by Crippen LogP contribution is -2.36. The summed E-state index contributed by atoms with van der Waals surface area (Å²) in [6.07, 6.45) is 0.320. The predicted octanol–water partition coefficient (Wildman–Crippen LogP) is 1.96. The lowest BCUT2D eigenvalue weighted by atomic mass is 9.95. The number of carbonyl (C=O) groups excluding carboxylic acids is 2. The van der Waals surface area contributed by atoms with Gasteiger partial charge in [0.25, 0.3) is 5.78 Å². The van der Waals surface area contributed by atoms with Gasteiger partial charge in [-0.2, -0.15) is 0 Å². The van der Waals surface area contributed by atoms with Gasteiger partial charge in [-0.25, -0.2) is 13.6 Å². The van der Waals surface area contributed by atoms with E-state index in [1.54, 1.807) is 6.92 Å². The zero-order valence-corrected chi connectivity index (χ0v) is 12.2. The number of carbonyl (C=O) groups is 2. The van der Waals surface area contributed by atoms with E-state index in [0.29, 0.717) is 18.5 Å². The van der Waals surface area contributed by atoms with Crippen LogP contribution >= 0.6 is 12.4 Å². The molecule has 0 spiro atoms. The van der Waals surface area contributed by atoms with Crippen LogP contribution in [0.1, 0.15) is 24.8 Å². The molecular formula is C14H16ClF2NO3. The number of hydrogen-bond donors (Lipinski definition) is 1. The maximum absolute atomic E-state index is 13.2. The number of Topliss-reactive ketones (excluding diaryl/α,β-unsaturated/α-hetero) is 1. The van der Waals surface area contributed by atoms with E-state index < -0.39 is 29.4 Å². The molecule has 1 aliphatic rings. The lowest BCUT2D eigenvalue weighted by Gasteiger charge is -2.10. The van der Waals surface area contributed by atoms with Crippen LogP contribution in [0.3, 0.4) is 0 Å². The topological polar surface area (TPSA) is 55.4 Å². The van der Waals surface area contributed by atoms with E-state index in [1.165, 1.54) is 12.1 Å². The Hall–Kier alpha value is -1.53. The Morgan fingerprint density at radius 3 is 2.48 bits per heavy atom. The Kier molecular flexibility index (Phi) is 6.23. The van der Waals surface area contributed by atoms with Gasteiger partial charge in [0, 0.05) is 12.6 Å². The number of esters is 1. The first-order chi connectivity index (χ1) is 9.51. The zero-order chi connectivity index (χ0) is 14.7. The monoisotopic (exact) mass is 319 g/mol. The molecule has 7 heteroatoms. The highest BCUT2D eigenvalue weighted by Gasteiger charge is 2.34. The first-order valence-electron chi connectivity index (χ1n) is 6.41. The largest absolute Gasteiger partial charge is 0.460 e. The molecule has 0 amide bonds. The van der Waals surface area contributed by atoms with Crippen LogP contribution in [0.4, 0.5) is 8.78 Å². The molecule has 2 unspecified atom stereocenters. The summed E-state index contributed by atoms with van der Waals surface area (Å²) in [5.74, 6) is -3.04. The molecular weight excluding hydrogens is 304 g/mol. The van der Waals surface area contributed by atoms with Crippen molar-refractivity contribution in [3.8, 4) is 0 Å². The van der Waals surface area contributed by atoms with Crippen molar-refractivity contribution in [1.82, 2.24) is 5.32 Å². The number of halogens is 3. The molecule has 1 fully saturated rings. The van der Waals surface area contributed by atoms with Crippen LogP contribution in [0.5, 0.6) is 0 Å². The fourth-order valence-electron chi connectivity index (χ4n) is 2.34. The van der Waals surface area contributed by atoms with Crippen molar-refractivity contribution in [1.29, 1.82) is 0 Å². The number of hydrogen-bond acceptors (Lipinski definition) is 4. The van der Waals surface area contributed by atoms with Gasteiger partial charge in [-0.3, -0.25) is 4.79 Å². The molecule has 1 saturated heterocycles. The minimum atomic E-state index is -0.879. The molecule has 4 nitrogen and oxygen atoms in total. The van der Waals surface area contributed by atoms with E-state index in [9.17, 15) is 18.4 Å². The maximum atomic E-state index is 13.2. The van der Waals surface area contributed by atoms with E-state index in [2.05, 4.69) is 10.1 Å². The molecule has 116 valence electrons. The summed E-state index contributed by atoms with van der Waals surface area (Å²) >= 11 is 0. The van der Waals surface area contributed by atoms with Crippen LogP contribution in [0.15, 0.2) is 18.2 Å². The lowest BCUT2D eigenvalue weighted by molar-refractivity contribution is -0.154. The SMILES string of the molecule is CCOC(=O)C(=O)C1CC(c2cc(F)cc(F)c2)CN1.Cl. The first-order valence-corrected chi connectivity index (χ1v) is 6.41. The van der Waals surface area contributed by atoms with Gasteiger partial charge in [0.15, 0.2) is 0 Å². The van der Waals surface area contributed by atoms with E-state index in [0.717, 1.165) is 6.07 Å². The molecule has 1 N–H and O–H groups in total. The molecule has 0 saturated carbocycles. The van der Waals surface area contributed by atoms with E-state index in [1.807, 2.05) is 0 Å². The molecule has 0 aromatic heterocycles. The van der Waals surface area contributed by atoms with E-state index in [4.69, 9.17) is 0 Å². The molecule has 2 atom stereocenters. The summed E-state index contributed by atoms with van der Waals surface area (Å²) in [7, 11) is 0. The van der Waals surface area contributed by atoms with Gasteiger partial charge in [-0.1, -0.05) is 0 Å². The number of nitrogens with one attached hydrogen (secondary N) is 1. The summed E-state index contributed by atoms with van der Waals surface area (Å²) < 4.78 is 31.0. The average molecular weight is 320 g/mol. The minimum absolute atomic E-state index is 0. The predicted molar refractivity (Wildman–Crippen MR) is 74.4 cm³/mol. The quantitative estimate of drug-likeness (QED) is 0.681. The Morgan fingerprint density at radius 1 is 1.29 bits per heavy atom. The summed E-state index contributed by atoms with van der Waals surface area (Å²) in [4.78, 5) is 23.1. The van der Waals surface area contributed by atoms with Gasteiger partial charge in [0.05, 0.1) is 12.6 Å². The van der Waals surface area contributed by atoms with Crippen LogP contribution in [-0.2, 0) is 14.3 Å². The Labute approximate surface area is 127 Å². The average Bonchev–Trinajstić information content (AvgIpc) is 2.86. The minimum Gasteiger partial charge on any atom is -0.460 e. The normalized spacial score (nSPS) is 20.7. The van der Waals surface area contributed by atoms with Crippen molar-refractivity contribution >= 4 is 24.2 Å². The van der Waals surface area contributed by atoms with Crippen molar-refractivity contribution in [2.24, 2.45) is 0 Å². The van der Waals surface area contributed by atoms with Crippen molar-refractivity contribution in [2.75, 3.05) is 13.2 Å². The Balaban J connectivity index is 0.00000220. The number of ketones is 1. The highest BCUT2D eigenvalue weighted by atomic mass is 35.5. The first kappa shape index (κ1) is 17.5. The molecule has 0 radical (unpaired) electrons. The molecule has 1 aromatic rings. The summed E-state index contributed by atoms with van der Waals surface area (Å²) in [5, 5.41) is 2.89. The maximum Gasteiger partial charge on any atom is 0.376 e. The number of benzene rings is 1. The fourth-order valence-corrected chi connectivity index (χ4v) is 2.34. The Bertz CT molecular complexity index is 519. The standard InChI is InChI=1S/C14H15F2NO3.ClH/c1-2-20-14(19)13(18)12-5-9(7-17-12)8-3-10(15)6-11(16)4-8;/h3-4,6,9,12,17H,2,5,7H2,1H3;1H. The second-order valence-corrected chi connectivity index (χ2v) is 4.68.